The Labute approximate surface area is 68.3 Å². The maximum atomic E-state index is 5.09. The molecule has 0 aromatic carbocycles. The van der Waals surface area contributed by atoms with Gasteiger partial charge in [0.05, 0.1) is 6.26 Å². The second kappa shape index (κ2) is 3.96. The van der Waals surface area contributed by atoms with E-state index in [2.05, 4.69) is 18.2 Å². The Morgan fingerprint density at radius 3 is 2.18 bits per heavy atom. The largest absolute Gasteiger partial charge is 0.451 e. The Bertz CT molecular complexity index is 174. The monoisotopic (exact) mass is 153 g/mol. The van der Waals surface area contributed by atoms with Gasteiger partial charge in [0.1, 0.15) is 0 Å². The Kier molecular flexibility index (Phi) is 3.58. The molecule has 2 nitrogen and oxygen atoms in total. The van der Waals surface area contributed by atoms with Crippen LogP contribution in [0.4, 0.5) is 0 Å². The lowest BCUT2D eigenvalue weighted by atomic mass is 9.97. The van der Waals surface area contributed by atoms with Gasteiger partial charge in [-0.3, -0.25) is 0 Å². The summed E-state index contributed by atoms with van der Waals surface area (Å²) in [6, 6.07) is 0. The first-order valence-electron chi connectivity index (χ1n) is 3.49. The van der Waals surface area contributed by atoms with E-state index in [0.29, 0.717) is 5.90 Å². The van der Waals surface area contributed by atoms with Crippen LogP contribution < -0.4 is 0 Å². The van der Waals surface area contributed by atoms with Gasteiger partial charge < -0.3 is 4.74 Å². The Hall–Kier alpha value is -1.05. The molecular weight excluding hydrogens is 138 g/mol. The van der Waals surface area contributed by atoms with Crippen LogP contribution in [0.1, 0.15) is 20.8 Å². The molecule has 0 bridgehead atoms. The normalized spacial score (nSPS) is 12.5. The fourth-order valence-corrected chi connectivity index (χ4v) is 0.563. The van der Waals surface area contributed by atoms with E-state index in [0.717, 1.165) is 0 Å². The molecule has 0 rings (SSSR count). The number of rotatable bonds is 2. The first kappa shape index (κ1) is 9.95. The van der Waals surface area contributed by atoms with Crippen molar-refractivity contribution in [2.75, 3.05) is 0 Å². The van der Waals surface area contributed by atoms with Crippen molar-refractivity contribution >= 4 is 5.90 Å². The molecule has 0 aliphatic heterocycles. The molecule has 0 aromatic heterocycles. The zero-order chi connectivity index (χ0) is 8.91. The molecule has 62 valence electrons. The minimum Gasteiger partial charge on any atom is -0.451 e. The minimum atomic E-state index is -0.0949. The molecule has 0 amide bonds. The van der Waals surface area contributed by atoms with E-state index in [4.69, 9.17) is 4.74 Å². The van der Waals surface area contributed by atoms with Crippen LogP contribution in [0.25, 0.3) is 0 Å². The number of hydrogen-bond donors (Lipinski definition) is 0. The number of ether oxygens (including phenoxy) is 1. The van der Waals surface area contributed by atoms with Crippen LogP contribution in [-0.4, -0.2) is 5.90 Å². The van der Waals surface area contributed by atoms with Crippen LogP contribution in [0.5, 0.6) is 0 Å². The molecule has 11 heavy (non-hydrogen) atoms. The van der Waals surface area contributed by atoms with Crippen molar-refractivity contribution in [1.82, 2.24) is 0 Å². The molecule has 0 saturated carbocycles. The lowest BCUT2D eigenvalue weighted by Gasteiger charge is -2.18. The maximum absolute atomic E-state index is 5.09. The summed E-state index contributed by atoms with van der Waals surface area (Å²) in [5.41, 5.74) is -0.0949. The van der Waals surface area contributed by atoms with Gasteiger partial charge in [-0.05, 0) is 0 Å². The first-order chi connectivity index (χ1) is 5.02. The SMILES string of the molecule is C=CN=C(OC=C)C(C)(C)C. The predicted octanol–water partition coefficient (Wildman–Crippen LogP) is 2.73. The summed E-state index contributed by atoms with van der Waals surface area (Å²) in [5, 5.41) is 0. The highest BCUT2D eigenvalue weighted by Crippen LogP contribution is 2.17. The number of nitrogens with zero attached hydrogens (tertiary/aromatic N) is 1. The highest BCUT2D eigenvalue weighted by Gasteiger charge is 2.19. The summed E-state index contributed by atoms with van der Waals surface area (Å²) in [7, 11) is 0. The van der Waals surface area contributed by atoms with E-state index in [1.807, 2.05) is 20.8 Å². The van der Waals surface area contributed by atoms with E-state index in [9.17, 15) is 0 Å². The van der Waals surface area contributed by atoms with Crippen LogP contribution in [0.15, 0.2) is 30.6 Å². The van der Waals surface area contributed by atoms with E-state index < -0.39 is 0 Å². The fourth-order valence-electron chi connectivity index (χ4n) is 0.563. The molecule has 0 aromatic rings. The molecule has 0 N–H and O–H groups in total. The van der Waals surface area contributed by atoms with Crippen LogP contribution in [-0.2, 0) is 4.74 Å². The van der Waals surface area contributed by atoms with Gasteiger partial charge in [0.25, 0.3) is 0 Å². The summed E-state index contributed by atoms with van der Waals surface area (Å²) in [5.74, 6) is 0.627. The van der Waals surface area contributed by atoms with Crippen LogP contribution in [0.3, 0.4) is 0 Å². The smallest absolute Gasteiger partial charge is 0.199 e. The van der Waals surface area contributed by atoms with Crippen molar-refractivity contribution in [3.8, 4) is 0 Å². The van der Waals surface area contributed by atoms with Crippen molar-refractivity contribution in [2.45, 2.75) is 20.8 Å². The lowest BCUT2D eigenvalue weighted by Crippen LogP contribution is -2.21. The van der Waals surface area contributed by atoms with Crippen LogP contribution in [0, 0.1) is 5.41 Å². The molecule has 0 saturated heterocycles. The van der Waals surface area contributed by atoms with Crippen molar-refractivity contribution in [2.24, 2.45) is 10.4 Å². The molecule has 0 heterocycles. The van der Waals surface area contributed by atoms with E-state index in [-0.39, 0.29) is 5.41 Å². The Balaban J connectivity index is 4.46. The van der Waals surface area contributed by atoms with Gasteiger partial charge in [-0.25, -0.2) is 4.99 Å². The summed E-state index contributed by atoms with van der Waals surface area (Å²) >= 11 is 0. The lowest BCUT2D eigenvalue weighted by molar-refractivity contribution is 0.385. The third-order valence-electron chi connectivity index (χ3n) is 1.05. The van der Waals surface area contributed by atoms with Crippen LogP contribution in [0.2, 0.25) is 0 Å². The van der Waals surface area contributed by atoms with E-state index in [1.165, 1.54) is 12.5 Å². The van der Waals surface area contributed by atoms with Crippen LogP contribution >= 0.6 is 0 Å². The van der Waals surface area contributed by atoms with E-state index in [1.54, 1.807) is 0 Å². The van der Waals surface area contributed by atoms with Gasteiger partial charge in [-0.2, -0.15) is 0 Å². The average molecular weight is 153 g/mol. The van der Waals surface area contributed by atoms with Gasteiger partial charge in [-0.15, -0.1) is 0 Å². The molecule has 0 radical (unpaired) electrons. The zero-order valence-corrected chi connectivity index (χ0v) is 7.42. The zero-order valence-electron chi connectivity index (χ0n) is 7.42. The van der Waals surface area contributed by atoms with Gasteiger partial charge in [0.2, 0.25) is 0 Å². The molecule has 0 unspecified atom stereocenters. The molecular formula is C9H15NO. The van der Waals surface area contributed by atoms with Crippen molar-refractivity contribution in [1.29, 1.82) is 0 Å². The van der Waals surface area contributed by atoms with Gasteiger partial charge in [-0.1, -0.05) is 33.9 Å². The third-order valence-corrected chi connectivity index (χ3v) is 1.05. The molecule has 0 aliphatic rings. The van der Waals surface area contributed by atoms with Crippen molar-refractivity contribution in [3.05, 3.63) is 25.6 Å². The quantitative estimate of drug-likeness (QED) is 0.339. The Morgan fingerprint density at radius 2 is 1.91 bits per heavy atom. The molecule has 0 atom stereocenters. The molecule has 0 fully saturated rings. The van der Waals surface area contributed by atoms with E-state index >= 15 is 0 Å². The molecule has 0 aliphatic carbocycles. The summed E-state index contributed by atoms with van der Waals surface area (Å²) < 4.78 is 5.09. The highest BCUT2D eigenvalue weighted by atomic mass is 16.5. The molecule has 2 heteroatoms. The van der Waals surface area contributed by atoms with Gasteiger partial charge in [0.15, 0.2) is 5.90 Å². The average Bonchev–Trinajstić information content (AvgIpc) is 1.85. The summed E-state index contributed by atoms with van der Waals surface area (Å²) in [6.07, 6.45) is 2.83. The van der Waals surface area contributed by atoms with Gasteiger partial charge in [0, 0.05) is 11.6 Å². The summed E-state index contributed by atoms with van der Waals surface area (Å²) in [6.45, 7) is 13.0. The van der Waals surface area contributed by atoms with Crippen molar-refractivity contribution < 1.29 is 4.74 Å². The maximum Gasteiger partial charge on any atom is 0.199 e. The summed E-state index contributed by atoms with van der Waals surface area (Å²) in [4.78, 5) is 3.97. The topological polar surface area (TPSA) is 21.6 Å². The standard InChI is InChI=1S/C9H15NO/c1-6-10-8(11-7-2)9(3,4)5/h6-7H,1-2H2,3-5H3. The predicted molar refractivity (Wildman–Crippen MR) is 48.4 cm³/mol. The number of hydrogen-bond acceptors (Lipinski definition) is 2. The second-order valence-electron chi connectivity index (χ2n) is 3.15. The highest BCUT2D eigenvalue weighted by molar-refractivity contribution is 5.82. The van der Waals surface area contributed by atoms with Gasteiger partial charge >= 0.3 is 0 Å². The number of aliphatic imine (C=N–C) groups is 1. The first-order valence-corrected chi connectivity index (χ1v) is 3.49. The fraction of sp³-hybridized carbons (Fsp3) is 0.444. The molecule has 0 spiro atoms. The Morgan fingerprint density at radius 1 is 1.36 bits per heavy atom. The third kappa shape index (κ3) is 3.61. The minimum absolute atomic E-state index is 0.0949. The van der Waals surface area contributed by atoms with Crippen molar-refractivity contribution in [3.63, 3.8) is 0 Å². The second-order valence-corrected chi connectivity index (χ2v) is 3.15.